The maximum Gasteiger partial charge on any atom is 0.134 e. The van der Waals surface area contributed by atoms with Crippen molar-refractivity contribution in [3.63, 3.8) is 0 Å². The van der Waals surface area contributed by atoms with Gasteiger partial charge in [0.05, 0.1) is 0 Å². The van der Waals surface area contributed by atoms with Crippen molar-refractivity contribution in [1.82, 2.24) is 0 Å². The van der Waals surface area contributed by atoms with Crippen LogP contribution in [0.15, 0.2) is 60.7 Å². The number of ether oxygens (including phenoxy) is 1. The van der Waals surface area contributed by atoms with Gasteiger partial charge < -0.3 is 16.2 Å². The summed E-state index contributed by atoms with van der Waals surface area (Å²) >= 11 is 0. The third-order valence-corrected chi connectivity index (χ3v) is 5.08. The smallest absolute Gasteiger partial charge is 0.134 e. The van der Waals surface area contributed by atoms with Gasteiger partial charge in [-0.3, -0.25) is 0 Å². The molecule has 3 heteroatoms. The molecule has 0 bridgehead atoms. The number of hydrogen-bond donors (Lipinski definition) is 2. The van der Waals surface area contributed by atoms with Crippen LogP contribution in [-0.2, 0) is 10.8 Å². The van der Waals surface area contributed by atoms with E-state index in [1.54, 1.807) is 0 Å². The van der Waals surface area contributed by atoms with Crippen LogP contribution in [0.1, 0.15) is 52.7 Å². The van der Waals surface area contributed by atoms with Gasteiger partial charge in [0.25, 0.3) is 0 Å². The van der Waals surface area contributed by atoms with Gasteiger partial charge in [0, 0.05) is 28.1 Å². The van der Waals surface area contributed by atoms with Crippen LogP contribution in [-0.4, -0.2) is 0 Å². The van der Waals surface area contributed by atoms with E-state index in [9.17, 15) is 0 Å². The zero-order valence-electron chi connectivity index (χ0n) is 18.3. The lowest BCUT2D eigenvalue weighted by atomic mass is 9.77. The van der Waals surface area contributed by atoms with Gasteiger partial charge in [-0.25, -0.2) is 0 Å². The van der Waals surface area contributed by atoms with Crippen molar-refractivity contribution in [2.75, 3.05) is 11.5 Å². The molecule has 0 unspecified atom stereocenters. The van der Waals surface area contributed by atoms with E-state index < -0.39 is 0 Å². The first kappa shape index (κ1) is 20.8. The SMILES string of the molecule is CC(C)(C)c1cc(-c2ccccc2N)cc(C(C)(C)C)c1Oc1ccc(N)cc1. The molecule has 0 aromatic heterocycles. The molecule has 3 aromatic carbocycles. The molecule has 0 atom stereocenters. The molecule has 0 fully saturated rings. The molecule has 0 amide bonds. The molecular formula is C26H32N2O. The van der Waals surface area contributed by atoms with Gasteiger partial charge in [0.2, 0.25) is 0 Å². The minimum atomic E-state index is -0.108. The Morgan fingerprint density at radius 1 is 0.690 bits per heavy atom. The number of anilines is 2. The average Bonchev–Trinajstić information content (AvgIpc) is 2.62. The summed E-state index contributed by atoms with van der Waals surface area (Å²) in [5.74, 6) is 1.69. The molecule has 0 aliphatic carbocycles. The van der Waals surface area contributed by atoms with E-state index in [0.29, 0.717) is 0 Å². The molecule has 152 valence electrons. The fourth-order valence-electron chi connectivity index (χ4n) is 3.42. The summed E-state index contributed by atoms with van der Waals surface area (Å²) in [6.07, 6.45) is 0. The molecule has 3 nitrogen and oxygen atoms in total. The molecule has 3 aromatic rings. The summed E-state index contributed by atoms with van der Waals surface area (Å²) in [6.45, 7) is 13.3. The van der Waals surface area contributed by atoms with Gasteiger partial charge in [-0.05, 0) is 58.9 Å². The van der Waals surface area contributed by atoms with E-state index >= 15 is 0 Å². The van der Waals surface area contributed by atoms with Crippen molar-refractivity contribution in [2.45, 2.75) is 52.4 Å². The topological polar surface area (TPSA) is 61.3 Å². The van der Waals surface area contributed by atoms with Crippen LogP contribution in [0.2, 0.25) is 0 Å². The Morgan fingerprint density at radius 2 is 1.21 bits per heavy atom. The Labute approximate surface area is 174 Å². The lowest BCUT2D eigenvalue weighted by Gasteiger charge is -2.31. The van der Waals surface area contributed by atoms with Crippen LogP contribution in [0.25, 0.3) is 11.1 Å². The minimum absolute atomic E-state index is 0.108. The number of benzene rings is 3. The van der Waals surface area contributed by atoms with Crippen LogP contribution in [0.3, 0.4) is 0 Å². The molecule has 0 heterocycles. The standard InChI is InChI=1S/C26H32N2O/c1-25(2,3)21-15-17(20-9-7-8-10-23(20)28)16-22(26(4,5)6)24(21)29-19-13-11-18(27)12-14-19/h7-16H,27-28H2,1-6H3. The van der Waals surface area contributed by atoms with Gasteiger partial charge in [-0.15, -0.1) is 0 Å². The number of hydrogen-bond acceptors (Lipinski definition) is 3. The Kier molecular flexibility index (Phi) is 5.36. The van der Waals surface area contributed by atoms with Gasteiger partial charge >= 0.3 is 0 Å². The fraction of sp³-hybridized carbons (Fsp3) is 0.308. The normalized spacial score (nSPS) is 12.1. The van der Waals surface area contributed by atoms with E-state index in [0.717, 1.165) is 45.1 Å². The predicted molar refractivity (Wildman–Crippen MR) is 125 cm³/mol. The quantitative estimate of drug-likeness (QED) is 0.479. The first-order chi connectivity index (χ1) is 13.5. The molecule has 0 saturated heterocycles. The van der Waals surface area contributed by atoms with Crippen LogP contribution in [0, 0.1) is 0 Å². The van der Waals surface area contributed by atoms with Crippen molar-refractivity contribution in [2.24, 2.45) is 0 Å². The summed E-state index contributed by atoms with van der Waals surface area (Å²) in [6, 6.07) is 20.0. The molecule has 4 N–H and O–H groups in total. The highest BCUT2D eigenvalue weighted by molar-refractivity contribution is 5.78. The van der Waals surface area contributed by atoms with E-state index in [2.05, 4.69) is 59.7 Å². The van der Waals surface area contributed by atoms with Gasteiger partial charge in [-0.2, -0.15) is 0 Å². The van der Waals surface area contributed by atoms with E-state index in [-0.39, 0.29) is 10.8 Å². The number of nitrogen functional groups attached to an aromatic ring is 2. The molecule has 0 aliphatic rings. The Hall–Kier alpha value is -2.94. The van der Waals surface area contributed by atoms with Crippen molar-refractivity contribution in [1.29, 1.82) is 0 Å². The Morgan fingerprint density at radius 3 is 1.69 bits per heavy atom. The van der Waals surface area contributed by atoms with Crippen LogP contribution in [0.4, 0.5) is 11.4 Å². The largest absolute Gasteiger partial charge is 0.457 e. The highest BCUT2D eigenvalue weighted by Gasteiger charge is 2.29. The van der Waals surface area contributed by atoms with Crippen molar-refractivity contribution < 1.29 is 4.74 Å². The van der Waals surface area contributed by atoms with E-state index in [1.807, 2.05) is 42.5 Å². The van der Waals surface area contributed by atoms with Gasteiger partial charge in [0.15, 0.2) is 0 Å². The first-order valence-electron chi connectivity index (χ1n) is 10.0. The lowest BCUT2D eigenvalue weighted by Crippen LogP contribution is -2.19. The second kappa shape index (κ2) is 7.47. The molecule has 0 spiro atoms. The second-order valence-corrected chi connectivity index (χ2v) is 9.66. The zero-order chi connectivity index (χ0) is 21.4. The van der Waals surface area contributed by atoms with Crippen molar-refractivity contribution in [3.8, 4) is 22.6 Å². The van der Waals surface area contributed by atoms with Crippen LogP contribution < -0.4 is 16.2 Å². The highest BCUT2D eigenvalue weighted by atomic mass is 16.5. The predicted octanol–water partition coefficient (Wildman–Crippen LogP) is 6.91. The molecule has 0 aliphatic heterocycles. The maximum absolute atomic E-state index is 6.48. The molecule has 0 saturated carbocycles. The monoisotopic (exact) mass is 388 g/mol. The van der Waals surface area contributed by atoms with Gasteiger partial charge in [0.1, 0.15) is 11.5 Å². The second-order valence-electron chi connectivity index (χ2n) is 9.66. The van der Waals surface area contributed by atoms with E-state index in [4.69, 9.17) is 16.2 Å². The first-order valence-corrected chi connectivity index (χ1v) is 10.0. The summed E-state index contributed by atoms with van der Waals surface area (Å²) in [5, 5.41) is 0. The molecular weight excluding hydrogens is 356 g/mol. The summed E-state index contributed by atoms with van der Waals surface area (Å²) in [5.41, 5.74) is 17.9. The molecule has 29 heavy (non-hydrogen) atoms. The van der Waals surface area contributed by atoms with Gasteiger partial charge in [-0.1, -0.05) is 59.7 Å². The Balaban J connectivity index is 2.28. The van der Waals surface area contributed by atoms with Crippen molar-refractivity contribution in [3.05, 3.63) is 71.8 Å². The van der Waals surface area contributed by atoms with Crippen LogP contribution in [0.5, 0.6) is 11.5 Å². The van der Waals surface area contributed by atoms with Crippen LogP contribution >= 0.6 is 0 Å². The third-order valence-electron chi connectivity index (χ3n) is 5.08. The molecule has 3 rings (SSSR count). The average molecular weight is 389 g/mol. The number of para-hydroxylation sites is 1. The number of nitrogens with two attached hydrogens (primary N) is 2. The van der Waals surface area contributed by atoms with E-state index in [1.165, 1.54) is 0 Å². The lowest BCUT2D eigenvalue weighted by molar-refractivity contribution is 0.433. The maximum atomic E-state index is 6.48. The molecule has 0 radical (unpaired) electrons. The third kappa shape index (κ3) is 4.56. The summed E-state index contributed by atoms with van der Waals surface area (Å²) < 4.78 is 6.48. The summed E-state index contributed by atoms with van der Waals surface area (Å²) in [7, 11) is 0. The highest BCUT2D eigenvalue weighted by Crippen LogP contribution is 2.45. The zero-order valence-corrected chi connectivity index (χ0v) is 18.3. The Bertz CT molecular complexity index is 971. The minimum Gasteiger partial charge on any atom is -0.457 e. The fourth-order valence-corrected chi connectivity index (χ4v) is 3.42. The summed E-state index contributed by atoms with van der Waals surface area (Å²) in [4.78, 5) is 0. The number of rotatable bonds is 3. The van der Waals surface area contributed by atoms with Crippen molar-refractivity contribution >= 4 is 11.4 Å².